The summed E-state index contributed by atoms with van der Waals surface area (Å²) in [6, 6.07) is 10.1. The number of aryl methyl sites for hydroxylation is 1. The number of aromatic nitrogens is 2. The van der Waals surface area contributed by atoms with Gasteiger partial charge in [-0.05, 0) is 31.0 Å². The van der Waals surface area contributed by atoms with Crippen molar-refractivity contribution in [2.24, 2.45) is 7.05 Å². The molecule has 0 radical (unpaired) electrons. The summed E-state index contributed by atoms with van der Waals surface area (Å²) >= 11 is 0. The highest BCUT2D eigenvalue weighted by atomic mass is 16.3. The van der Waals surface area contributed by atoms with Gasteiger partial charge in [0.1, 0.15) is 5.58 Å². The molecule has 24 heavy (non-hydrogen) atoms. The number of hydrogen-bond acceptors (Lipinski definition) is 4. The number of nitrogens with one attached hydrogen (secondary N) is 1. The summed E-state index contributed by atoms with van der Waals surface area (Å²) < 4.78 is 7.40. The Morgan fingerprint density at radius 1 is 1.33 bits per heavy atom. The number of fused-ring (bicyclic) bond motifs is 1. The molecule has 0 unspecified atom stereocenters. The Hall–Kier alpha value is -2.89. The van der Waals surface area contributed by atoms with Gasteiger partial charge in [-0.25, -0.2) is 0 Å². The average molecular weight is 323 g/mol. The van der Waals surface area contributed by atoms with E-state index in [-0.39, 0.29) is 11.2 Å². The molecule has 2 heterocycles. The quantitative estimate of drug-likeness (QED) is 0.799. The molecule has 1 aliphatic rings. The second-order valence-corrected chi connectivity index (χ2v) is 6.11. The molecular weight excluding hydrogens is 306 g/mol. The van der Waals surface area contributed by atoms with Gasteiger partial charge in [-0.1, -0.05) is 12.1 Å². The lowest BCUT2D eigenvalue weighted by Gasteiger charge is -2.03. The van der Waals surface area contributed by atoms with Crippen LogP contribution in [-0.2, 0) is 13.6 Å². The smallest absolute Gasteiger partial charge is 0.287 e. The third-order valence-electron chi connectivity index (χ3n) is 4.25. The van der Waals surface area contributed by atoms with Crippen LogP contribution in [-0.4, -0.2) is 15.7 Å². The molecular formula is C18H17N3O3. The summed E-state index contributed by atoms with van der Waals surface area (Å²) in [7, 11) is 1.92. The summed E-state index contributed by atoms with van der Waals surface area (Å²) in [5, 5.41) is 7.64. The molecule has 0 atom stereocenters. The second kappa shape index (κ2) is 5.63. The molecule has 3 aromatic rings. The highest BCUT2D eigenvalue weighted by Gasteiger charge is 2.27. The van der Waals surface area contributed by atoms with Crippen molar-refractivity contribution in [3.63, 3.8) is 0 Å². The molecule has 4 rings (SSSR count). The van der Waals surface area contributed by atoms with E-state index in [2.05, 4.69) is 10.4 Å². The minimum Gasteiger partial charge on any atom is -0.451 e. The summed E-state index contributed by atoms with van der Waals surface area (Å²) in [4.78, 5) is 24.3. The first kappa shape index (κ1) is 14.7. The van der Waals surface area contributed by atoms with E-state index in [9.17, 15) is 9.59 Å². The van der Waals surface area contributed by atoms with Gasteiger partial charge in [-0.15, -0.1) is 0 Å². The largest absolute Gasteiger partial charge is 0.451 e. The maximum Gasteiger partial charge on any atom is 0.287 e. The fraction of sp³-hybridized carbons (Fsp3) is 0.278. The first-order valence-corrected chi connectivity index (χ1v) is 7.96. The first-order chi connectivity index (χ1) is 11.6. The Bertz CT molecular complexity index is 983. The van der Waals surface area contributed by atoms with Gasteiger partial charge in [-0.2, -0.15) is 5.10 Å². The van der Waals surface area contributed by atoms with Crippen molar-refractivity contribution in [2.75, 3.05) is 0 Å². The number of hydrogen-bond donors (Lipinski definition) is 1. The van der Waals surface area contributed by atoms with Gasteiger partial charge >= 0.3 is 0 Å². The molecule has 0 bridgehead atoms. The zero-order valence-corrected chi connectivity index (χ0v) is 13.3. The Morgan fingerprint density at radius 3 is 2.92 bits per heavy atom. The fourth-order valence-electron chi connectivity index (χ4n) is 2.86. The molecule has 6 heteroatoms. The van der Waals surface area contributed by atoms with Gasteiger partial charge in [0.25, 0.3) is 5.91 Å². The summed E-state index contributed by atoms with van der Waals surface area (Å²) in [5.41, 5.74) is 2.19. The summed E-state index contributed by atoms with van der Waals surface area (Å²) in [6.45, 7) is 0.302. The molecule has 1 N–H and O–H groups in total. The van der Waals surface area contributed by atoms with Gasteiger partial charge in [0.2, 0.25) is 0 Å². The van der Waals surface area contributed by atoms with E-state index in [1.165, 1.54) is 24.6 Å². The number of rotatable bonds is 4. The van der Waals surface area contributed by atoms with Gasteiger partial charge in [-0.3, -0.25) is 14.3 Å². The van der Waals surface area contributed by atoms with Crippen LogP contribution < -0.4 is 10.7 Å². The molecule has 6 nitrogen and oxygen atoms in total. The van der Waals surface area contributed by atoms with Crippen LogP contribution in [0.25, 0.3) is 11.0 Å². The van der Waals surface area contributed by atoms with Crippen LogP contribution in [0.1, 0.15) is 40.7 Å². The van der Waals surface area contributed by atoms with Crippen LogP contribution in [0.2, 0.25) is 0 Å². The molecule has 1 fully saturated rings. The van der Waals surface area contributed by atoms with E-state index in [4.69, 9.17) is 4.42 Å². The number of carbonyl (C=O) groups is 1. The average Bonchev–Trinajstić information content (AvgIpc) is 3.35. The molecule has 0 aliphatic heterocycles. The van der Waals surface area contributed by atoms with Crippen molar-refractivity contribution in [2.45, 2.75) is 25.3 Å². The van der Waals surface area contributed by atoms with E-state index in [1.54, 1.807) is 24.3 Å². The SMILES string of the molecule is Cn1nc(CNC(=O)c2cc(=O)c3ccccc3o2)cc1C1CC1. The van der Waals surface area contributed by atoms with Crippen LogP contribution >= 0.6 is 0 Å². The van der Waals surface area contributed by atoms with Crippen molar-refractivity contribution in [1.82, 2.24) is 15.1 Å². The Kier molecular flexibility index (Phi) is 3.45. The van der Waals surface area contributed by atoms with Crippen LogP contribution in [0.15, 0.2) is 45.6 Å². The van der Waals surface area contributed by atoms with Gasteiger partial charge < -0.3 is 9.73 Å². The molecule has 1 aliphatic carbocycles. The molecule has 1 aromatic carbocycles. The number of nitrogens with zero attached hydrogens (tertiary/aromatic N) is 2. The number of benzene rings is 1. The highest BCUT2D eigenvalue weighted by Crippen LogP contribution is 2.39. The van der Waals surface area contributed by atoms with Gasteiger partial charge in [0, 0.05) is 24.7 Å². The molecule has 2 aromatic heterocycles. The minimum atomic E-state index is -0.420. The van der Waals surface area contributed by atoms with E-state index in [0.29, 0.717) is 23.4 Å². The fourth-order valence-corrected chi connectivity index (χ4v) is 2.86. The van der Waals surface area contributed by atoms with Crippen molar-refractivity contribution in [3.05, 3.63) is 63.8 Å². The van der Waals surface area contributed by atoms with Gasteiger partial charge in [0.15, 0.2) is 11.2 Å². The van der Waals surface area contributed by atoms with Crippen LogP contribution in [0, 0.1) is 0 Å². The zero-order valence-electron chi connectivity index (χ0n) is 13.3. The summed E-state index contributed by atoms with van der Waals surface area (Å²) in [5.74, 6) is 0.194. The summed E-state index contributed by atoms with van der Waals surface area (Å²) in [6.07, 6.45) is 2.40. The van der Waals surface area contributed by atoms with Gasteiger partial charge in [0.05, 0.1) is 17.6 Å². The predicted molar refractivity (Wildman–Crippen MR) is 88.8 cm³/mol. The lowest BCUT2D eigenvalue weighted by Crippen LogP contribution is -2.24. The van der Waals surface area contributed by atoms with E-state index >= 15 is 0 Å². The maximum atomic E-state index is 12.3. The predicted octanol–water partition coefficient (Wildman–Crippen LogP) is 2.33. The Balaban J connectivity index is 1.52. The standard InChI is InChI=1S/C18H17N3O3/c1-21-14(11-6-7-11)8-12(20-21)10-19-18(23)17-9-15(22)13-4-2-3-5-16(13)24-17/h2-5,8-9,11H,6-7,10H2,1H3,(H,19,23). The van der Waals surface area contributed by atoms with E-state index < -0.39 is 5.91 Å². The Morgan fingerprint density at radius 2 is 2.12 bits per heavy atom. The lowest BCUT2D eigenvalue weighted by atomic mass is 10.2. The first-order valence-electron chi connectivity index (χ1n) is 7.96. The molecule has 1 amide bonds. The zero-order chi connectivity index (χ0) is 16.7. The monoisotopic (exact) mass is 323 g/mol. The van der Waals surface area contributed by atoms with E-state index in [1.807, 2.05) is 17.8 Å². The maximum absolute atomic E-state index is 12.3. The van der Waals surface area contributed by atoms with Crippen LogP contribution in [0.5, 0.6) is 0 Å². The highest BCUT2D eigenvalue weighted by molar-refractivity contribution is 5.93. The molecule has 122 valence electrons. The van der Waals surface area contributed by atoms with Crippen molar-refractivity contribution in [3.8, 4) is 0 Å². The van der Waals surface area contributed by atoms with Crippen LogP contribution in [0.3, 0.4) is 0 Å². The normalized spacial score (nSPS) is 14.0. The Labute approximate surface area is 138 Å². The van der Waals surface area contributed by atoms with Crippen molar-refractivity contribution >= 4 is 16.9 Å². The third kappa shape index (κ3) is 2.71. The van der Waals surface area contributed by atoms with Crippen molar-refractivity contribution in [1.29, 1.82) is 0 Å². The minimum absolute atomic E-state index is 0.0112. The lowest BCUT2D eigenvalue weighted by molar-refractivity contribution is 0.0923. The third-order valence-corrected chi connectivity index (χ3v) is 4.25. The van der Waals surface area contributed by atoms with E-state index in [0.717, 1.165) is 5.69 Å². The molecule has 1 saturated carbocycles. The van der Waals surface area contributed by atoms with Crippen LogP contribution in [0.4, 0.5) is 0 Å². The number of amides is 1. The molecule has 0 saturated heterocycles. The number of para-hydroxylation sites is 1. The number of carbonyl (C=O) groups excluding carboxylic acids is 1. The topological polar surface area (TPSA) is 77.1 Å². The second-order valence-electron chi connectivity index (χ2n) is 6.11. The molecule has 0 spiro atoms. The van der Waals surface area contributed by atoms with Crippen molar-refractivity contribution < 1.29 is 9.21 Å².